The maximum atomic E-state index is 10.5. The Hall–Kier alpha value is -1.53. The molecule has 0 saturated carbocycles. The Morgan fingerprint density at radius 1 is 1.31 bits per heavy atom. The average Bonchev–Trinajstić information content (AvgIpc) is 2.60. The van der Waals surface area contributed by atoms with Gasteiger partial charge in [-0.25, -0.2) is 0 Å². The minimum absolute atomic E-state index is 0.181. The molecule has 3 N–H and O–H groups in total. The molecule has 1 aromatic carbocycles. The van der Waals surface area contributed by atoms with Crippen molar-refractivity contribution in [1.82, 2.24) is 4.98 Å². The van der Waals surface area contributed by atoms with E-state index < -0.39 is 10.1 Å². The molecule has 0 atom stereocenters. The van der Waals surface area contributed by atoms with Crippen LogP contribution < -0.4 is 5.32 Å². The first-order valence-electron chi connectivity index (χ1n) is 4.81. The molecule has 0 aliphatic rings. The maximum Gasteiger partial charge on any atom is 0.266 e. The van der Waals surface area contributed by atoms with Crippen LogP contribution in [0.15, 0.2) is 30.5 Å². The molecular formula is C10H12N2O3S. The van der Waals surface area contributed by atoms with Crippen molar-refractivity contribution >= 4 is 26.7 Å². The number of anilines is 1. The number of nitrogens with one attached hydrogen (secondary N) is 2. The van der Waals surface area contributed by atoms with Crippen molar-refractivity contribution in [2.45, 2.75) is 0 Å². The van der Waals surface area contributed by atoms with E-state index >= 15 is 0 Å². The summed E-state index contributed by atoms with van der Waals surface area (Å²) in [5.74, 6) is -0.299. The number of rotatable bonds is 4. The number of para-hydroxylation sites is 1. The Morgan fingerprint density at radius 2 is 2.06 bits per heavy atom. The van der Waals surface area contributed by atoms with Crippen LogP contribution in [0.5, 0.6) is 0 Å². The highest BCUT2D eigenvalue weighted by Crippen LogP contribution is 2.21. The van der Waals surface area contributed by atoms with E-state index in [1.54, 1.807) is 6.20 Å². The molecule has 0 spiro atoms. The molecule has 2 rings (SSSR count). The lowest BCUT2D eigenvalue weighted by molar-refractivity contribution is 0.484. The molecule has 0 aliphatic carbocycles. The van der Waals surface area contributed by atoms with E-state index in [9.17, 15) is 8.42 Å². The summed E-state index contributed by atoms with van der Waals surface area (Å²) in [6.07, 6.45) is 1.77. The van der Waals surface area contributed by atoms with Crippen LogP contribution in [0.1, 0.15) is 0 Å². The molecule has 0 unspecified atom stereocenters. The topological polar surface area (TPSA) is 82.2 Å². The summed E-state index contributed by atoms with van der Waals surface area (Å²) in [5.41, 5.74) is 1.82. The third-order valence-electron chi connectivity index (χ3n) is 2.26. The average molecular weight is 240 g/mol. The van der Waals surface area contributed by atoms with Gasteiger partial charge in [-0.2, -0.15) is 8.42 Å². The Labute approximate surface area is 93.2 Å². The zero-order valence-electron chi connectivity index (χ0n) is 8.47. The van der Waals surface area contributed by atoms with Crippen LogP contribution in [0.3, 0.4) is 0 Å². The number of hydrogen-bond acceptors (Lipinski definition) is 3. The summed E-state index contributed by atoms with van der Waals surface area (Å²) in [4.78, 5) is 3.06. The van der Waals surface area contributed by atoms with Crippen LogP contribution in [0.2, 0.25) is 0 Å². The smallest absolute Gasteiger partial charge is 0.266 e. The summed E-state index contributed by atoms with van der Waals surface area (Å²) in [7, 11) is -3.90. The van der Waals surface area contributed by atoms with Crippen molar-refractivity contribution in [3.8, 4) is 0 Å². The zero-order chi connectivity index (χ0) is 11.6. The van der Waals surface area contributed by atoms with Crippen molar-refractivity contribution in [1.29, 1.82) is 0 Å². The summed E-state index contributed by atoms with van der Waals surface area (Å²) >= 11 is 0. The van der Waals surface area contributed by atoms with E-state index in [0.717, 1.165) is 16.6 Å². The quantitative estimate of drug-likeness (QED) is 0.707. The summed E-state index contributed by atoms with van der Waals surface area (Å²) in [5, 5.41) is 3.95. The molecule has 1 aromatic heterocycles. The minimum Gasteiger partial charge on any atom is -0.382 e. The molecule has 16 heavy (non-hydrogen) atoms. The standard InChI is InChI=1S/C10H12N2O3S/c13-16(14,15)6-5-11-10-7-12-9-4-2-1-3-8(9)10/h1-4,7,11-12H,5-6H2,(H,13,14,15). The number of H-pyrrole nitrogens is 1. The third kappa shape index (κ3) is 2.53. The fourth-order valence-corrected chi connectivity index (χ4v) is 1.89. The molecule has 0 fully saturated rings. The van der Waals surface area contributed by atoms with Gasteiger partial charge >= 0.3 is 0 Å². The van der Waals surface area contributed by atoms with Crippen molar-refractivity contribution in [3.63, 3.8) is 0 Å². The molecule has 0 bridgehead atoms. The van der Waals surface area contributed by atoms with Gasteiger partial charge < -0.3 is 10.3 Å². The van der Waals surface area contributed by atoms with Gasteiger partial charge in [-0.15, -0.1) is 0 Å². The lowest BCUT2D eigenvalue weighted by atomic mass is 10.2. The number of fused-ring (bicyclic) bond motifs is 1. The largest absolute Gasteiger partial charge is 0.382 e. The van der Waals surface area contributed by atoms with Gasteiger partial charge in [-0.05, 0) is 6.07 Å². The van der Waals surface area contributed by atoms with E-state index in [1.807, 2.05) is 24.3 Å². The van der Waals surface area contributed by atoms with Crippen molar-refractivity contribution < 1.29 is 13.0 Å². The number of hydrogen-bond donors (Lipinski definition) is 3. The number of aromatic nitrogens is 1. The highest BCUT2D eigenvalue weighted by atomic mass is 32.2. The molecule has 2 aromatic rings. The van der Waals surface area contributed by atoms with Gasteiger partial charge in [-0.1, -0.05) is 18.2 Å². The van der Waals surface area contributed by atoms with Gasteiger partial charge in [0.25, 0.3) is 10.1 Å². The van der Waals surface area contributed by atoms with Gasteiger partial charge in [0.2, 0.25) is 0 Å². The molecule has 1 heterocycles. The molecule has 5 nitrogen and oxygen atoms in total. The van der Waals surface area contributed by atoms with Crippen molar-refractivity contribution in [2.24, 2.45) is 0 Å². The van der Waals surface area contributed by atoms with Gasteiger partial charge in [0.15, 0.2) is 0 Å². The normalized spacial score (nSPS) is 11.8. The lowest BCUT2D eigenvalue weighted by Crippen LogP contribution is -2.14. The second kappa shape index (κ2) is 4.15. The molecular weight excluding hydrogens is 228 g/mol. The SMILES string of the molecule is O=S(=O)(O)CCNc1c[nH]c2ccccc12. The van der Waals surface area contributed by atoms with Crippen LogP contribution in [0.25, 0.3) is 10.9 Å². The van der Waals surface area contributed by atoms with Crippen LogP contribution in [0.4, 0.5) is 5.69 Å². The predicted octanol–water partition coefficient (Wildman–Crippen LogP) is 1.47. The minimum atomic E-state index is -3.90. The molecule has 0 saturated heterocycles. The molecule has 0 aliphatic heterocycles. The van der Waals surface area contributed by atoms with E-state index in [4.69, 9.17) is 4.55 Å². The second-order valence-corrected chi connectivity index (χ2v) is 5.03. The predicted molar refractivity (Wildman–Crippen MR) is 63.2 cm³/mol. The van der Waals surface area contributed by atoms with Gasteiger partial charge in [0, 0.05) is 23.6 Å². The molecule has 0 radical (unpaired) electrons. The Morgan fingerprint density at radius 3 is 2.81 bits per heavy atom. The number of aromatic amines is 1. The zero-order valence-corrected chi connectivity index (χ0v) is 9.29. The first-order valence-corrected chi connectivity index (χ1v) is 6.42. The van der Waals surface area contributed by atoms with Gasteiger partial charge in [-0.3, -0.25) is 4.55 Å². The monoisotopic (exact) mass is 240 g/mol. The first-order chi connectivity index (χ1) is 7.56. The van der Waals surface area contributed by atoms with Gasteiger partial charge in [0.1, 0.15) is 0 Å². The Bertz CT molecular complexity index is 589. The Kier molecular flexibility index (Phi) is 2.84. The summed E-state index contributed by atoms with van der Waals surface area (Å²) in [6, 6.07) is 7.69. The first kappa shape index (κ1) is 11.0. The van der Waals surface area contributed by atoms with Crippen LogP contribution in [0, 0.1) is 0 Å². The summed E-state index contributed by atoms with van der Waals surface area (Å²) < 4.78 is 29.6. The molecule has 86 valence electrons. The number of benzene rings is 1. The van der Waals surface area contributed by atoms with Crippen molar-refractivity contribution in [2.75, 3.05) is 17.6 Å². The third-order valence-corrected chi connectivity index (χ3v) is 2.98. The maximum absolute atomic E-state index is 10.5. The van der Waals surface area contributed by atoms with E-state index in [-0.39, 0.29) is 12.3 Å². The van der Waals surface area contributed by atoms with Crippen LogP contribution in [-0.2, 0) is 10.1 Å². The van der Waals surface area contributed by atoms with Crippen molar-refractivity contribution in [3.05, 3.63) is 30.5 Å². The van der Waals surface area contributed by atoms with E-state index in [0.29, 0.717) is 0 Å². The second-order valence-electron chi connectivity index (χ2n) is 3.46. The lowest BCUT2D eigenvalue weighted by Gasteiger charge is -2.02. The Balaban J connectivity index is 2.10. The molecule has 6 heteroatoms. The summed E-state index contributed by atoms with van der Waals surface area (Å²) in [6.45, 7) is 0.181. The highest BCUT2D eigenvalue weighted by Gasteiger charge is 2.05. The highest BCUT2D eigenvalue weighted by molar-refractivity contribution is 7.85. The van der Waals surface area contributed by atoms with Gasteiger partial charge in [0.05, 0.1) is 11.4 Å². The van der Waals surface area contributed by atoms with Crippen LogP contribution >= 0.6 is 0 Å². The van der Waals surface area contributed by atoms with E-state index in [1.165, 1.54) is 0 Å². The molecule has 0 amide bonds. The van der Waals surface area contributed by atoms with Crippen LogP contribution in [-0.4, -0.2) is 30.3 Å². The fourth-order valence-electron chi connectivity index (χ4n) is 1.53. The van der Waals surface area contributed by atoms with E-state index in [2.05, 4.69) is 10.3 Å². The fraction of sp³-hybridized carbons (Fsp3) is 0.200.